The second kappa shape index (κ2) is 6.04. The number of aryl methyl sites for hydroxylation is 2. The molecule has 1 N–H and O–H groups in total. The smallest absolute Gasteiger partial charge is 0.251 e. The summed E-state index contributed by atoms with van der Waals surface area (Å²) in [4.78, 5) is 12.1. The van der Waals surface area contributed by atoms with Gasteiger partial charge >= 0.3 is 0 Å². The number of halogens is 2. The maximum Gasteiger partial charge on any atom is 0.251 e. The number of hydrogen-bond donors (Lipinski definition) is 1. The van der Waals surface area contributed by atoms with Gasteiger partial charge in [-0.05, 0) is 44.0 Å². The minimum Gasteiger partial charge on any atom is -0.346 e. The minimum atomic E-state index is -0.764. The van der Waals surface area contributed by atoms with Crippen molar-refractivity contribution in [1.82, 2.24) is 5.32 Å². The number of benzene rings is 2. The van der Waals surface area contributed by atoms with Crippen molar-refractivity contribution < 1.29 is 13.6 Å². The summed E-state index contributed by atoms with van der Waals surface area (Å²) in [5, 5.41) is 2.76. The van der Waals surface area contributed by atoms with Crippen LogP contribution in [0.2, 0.25) is 0 Å². The van der Waals surface area contributed by atoms with Crippen LogP contribution in [-0.4, -0.2) is 5.91 Å². The van der Waals surface area contributed by atoms with E-state index in [1.807, 2.05) is 39.0 Å². The van der Waals surface area contributed by atoms with Gasteiger partial charge in [-0.25, -0.2) is 8.78 Å². The standard InChI is InChI=1S/C17H17F2NO/c1-10-4-5-11(2)16(6-10)12(3)20-17(21)13-7-14(18)9-15(19)8-13/h4-9,12H,1-3H3,(H,20,21). The van der Waals surface area contributed by atoms with Crippen LogP contribution < -0.4 is 5.32 Å². The van der Waals surface area contributed by atoms with Crippen LogP contribution in [0.3, 0.4) is 0 Å². The number of carbonyl (C=O) groups is 1. The number of rotatable bonds is 3. The van der Waals surface area contributed by atoms with Crippen molar-refractivity contribution in [2.24, 2.45) is 0 Å². The SMILES string of the molecule is Cc1ccc(C)c(C(C)NC(=O)c2cc(F)cc(F)c2)c1. The fourth-order valence-corrected chi connectivity index (χ4v) is 2.27. The molecular weight excluding hydrogens is 272 g/mol. The van der Waals surface area contributed by atoms with Crippen molar-refractivity contribution in [3.63, 3.8) is 0 Å². The summed E-state index contributed by atoms with van der Waals surface area (Å²) < 4.78 is 26.3. The molecule has 0 spiro atoms. The Bertz CT molecular complexity index is 662. The van der Waals surface area contributed by atoms with Gasteiger partial charge < -0.3 is 5.32 Å². The molecule has 2 aromatic rings. The largest absolute Gasteiger partial charge is 0.346 e. The predicted octanol–water partition coefficient (Wildman–Crippen LogP) is 4.07. The molecule has 0 radical (unpaired) electrons. The Morgan fingerprint density at radius 1 is 1.05 bits per heavy atom. The lowest BCUT2D eigenvalue weighted by atomic mass is 9.99. The first-order valence-corrected chi connectivity index (χ1v) is 6.71. The minimum absolute atomic E-state index is 0.0235. The highest BCUT2D eigenvalue weighted by Gasteiger charge is 2.14. The van der Waals surface area contributed by atoms with E-state index >= 15 is 0 Å². The maximum absolute atomic E-state index is 13.1. The summed E-state index contributed by atoms with van der Waals surface area (Å²) >= 11 is 0. The molecule has 2 aromatic carbocycles. The first-order valence-electron chi connectivity index (χ1n) is 6.71. The van der Waals surface area contributed by atoms with E-state index in [1.54, 1.807) is 0 Å². The van der Waals surface area contributed by atoms with E-state index in [1.165, 1.54) is 0 Å². The van der Waals surface area contributed by atoms with E-state index in [4.69, 9.17) is 0 Å². The van der Waals surface area contributed by atoms with Gasteiger partial charge in [0.1, 0.15) is 11.6 Å². The third-order valence-corrected chi connectivity index (χ3v) is 3.37. The molecule has 0 saturated carbocycles. The van der Waals surface area contributed by atoms with Gasteiger partial charge in [0.2, 0.25) is 0 Å². The number of nitrogens with one attached hydrogen (secondary N) is 1. The first-order chi connectivity index (χ1) is 9.86. The van der Waals surface area contributed by atoms with E-state index in [2.05, 4.69) is 5.32 Å². The summed E-state index contributed by atoms with van der Waals surface area (Å²) in [6.45, 7) is 5.77. The van der Waals surface area contributed by atoms with Crippen LogP contribution in [-0.2, 0) is 0 Å². The molecule has 0 aliphatic carbocycles. The number of carbonyl (C=O) groups excluding carboxylic acids is 1. The zero-order valence-corrected chi connectivity index (χ0v) is 12.2. The average molecular weight is 289 g/mol. The molecule has 1 unspecified atom stereocenters. The normalized spacial score (nSPS) is 12.0. The van der Waals surface area contributed by atoms with E-state index in [-0.39, 0.29) is 11.6 Å². The molecule has 1 atom stereocenters. The number of hydrogen-bond acceptors (Lipinski definition) is 1. The third-order valence-electron chi connectivity index (χ3n) is 3.37. The van der Waals surface area contributed by atoms with Gasteiger partial charge in [-0.2, -0.15) is 0 Å². The molecule has 2 rings (SSSR count). The molecule has 0 aromatic heterocycles. The molecule has 0 saturated heterocycles. The Morgan fingerprint density at radius 2 is 1.67 bits per heavy atom. The highest BCUT2D eigenvalue weighted by atomic mass is 19.1. The molecule has 21 heavy (non-hydrogen) atoms. The topological polar surface area (TPSA) is 29.1 Å². The lowest BCUT2D eigenvalue weighted by Crippen LogP contribution is -2.27. The molecule has 2 nitrogen and oxygen atoms in total. The van der Waals surface area contributed by atoms with Crippen LogP contribution in [0, 0.1) is 25.5 Å². The van der Waals surface area contributed by atoms with Crippen LogP contribution in [0.1, 0.15) is 40.0 Å². The van der Waals surface area contributed by atoms with E-state index < -0.39 is 17.5 Å². The van der Waals surface area contributed by atoms with Crippen LogP contribution in [0.15, 0.2) is 36.4 Å². The summed E-state index contributed by atoms with van der Waals surface area (Å²) in [5.74, 6) is -2.03. The zero-order chi connectivity index (χ0) is 15.6. The van der Waals surface area contributed by atoms with Gasteiger partial charge in [-0.15, -0.1) is 0 Å². The van der Waals surface area contributed by atoms with Crippen molar-refractivity contribution in [2.45, 2.75) is 26.8 Å². The molecule has 0 aliphatic rings. The van der Waals surface area contributed by atoms with Crippen LogP contribution >= 0.6 is 0 Å². The van der Waals surface area contributed by atoms with Gasteiger partial charge in [-0.1, -0.05) is 23.8 Å². The van der Waals surface area contributed by atoms with Crippen molar-refractivity contribution in [1.29, 1.82) is 0 Å². The molecule has 0 heterocycles. The molecular formula is C17H17F2NO. The van der Waals surface area contributed by atoms with Gasteiger partial charge in [0.05, 0.1) is 6.04 Å². The van der Waals surface area contributed by atoms with Crippen molar-refractivity contribution in [2.75, 3.05) is 0 Å². The van der Waals surface area contributed by atoms with E-state index in [0.717, 1.165) is 34.9 Å². The number of amides is 1. The second-order valence-electron chi connectivity index (χ2n) is 5.21. The Labute approximate surface area is 122 Å². The molecule has 110 valence electrons. The highest BCUT2D eigenvalue weighted by Crippen LogP contribution is 2.19. The van der Waals surface area contributed by atoms with Crippen LogP contribution in [0.25, 0.3) is 0 Å². The highest BCUT2D eigenvalue weighted by molar-refractivity contribution is 5.94. The fourth-order valence-electron chi connectivity index (χ4n) is 2.27. The molecule has 4 heteroatoms. The van der Waals surface area contributed by atoms with Crippen LogP contribution in [0.4, 0.5) is 8.78 Å². The Balaban J connectivity index is 2.20. The summed E-state index contributed by atoms with van der Waals surface area (Å²) in [6.07, 6.45) is 0. The molecule has 0 fully saturated rings. The quantitative estimate of drug-likeness (QED) is 0.906. The maximum atomic E-state index is 13.1. The summed E-state index contributed by atoms with van der Waals surface area (Å²) in [7, 11) is 0. The Hall–Kier alpha value is -2.23. The lowest BCUT2D eigenvalue weighted by molar-refractivity contribution is 0.0939. The Morgan fingerprint density at radius 3 is 2.29 bits per heavy atom. The second-order valence-corrected chi connectivity index (χ2v) is 5.21. The van der Waals surface area contributed by atoms with Crippen molar-refractivity contribution >= 4 is 5.91 Å². The lowest BCUT2D eigenvalue weighted by Gasteiger charge is -2.17. The van der Waals surface area contributed by atoms with Crippen LogP contribution in [0.5, 0.6) is 0 Å². The summed E-state index contributed by atoms with van der Waals surface area (Å²) in [6, 6.07) is 8.51. The van der Waals surface area contributed by atoms with Gasteiger partial charge in [-0.3, -0.25) is 4.79 Å². The van der Waals surface area contributed by atoms with Gasteiger partial charge in [0, 0.05) is 11.6 Å². The van der Waals surface area contributed by atoms with Gasteiger partial charge in [0.25, 0.3) is 5.91 Å². The van der Waals surface area contributed by atoms with Crippen molar-refractivity contribution in [3.05, 3.63) is 70.3 Å². The fraction of sp³-hybridized carbons (Fsp3) is 0.235. The molecule has 0 bridgehead atoms. The van der Waals surface area contributed by atoms with Crippen molar-refractivity contribution in [3.8, 4) is 0 Å². The molecule has 1 amide bonds. The zero-order valence-electron chi connectivity index (χ0n) is 12.2. The molecule has 0 aliphatic heterocycles. The third kappa shape index (κ3) is 3.66. The monoisotopic (exact) mass is 289 g/mol. The average Bonchev–Trinajstić information content (AvgIpc) is 2.40. The van der Waals surface area contributed by atoms with E-state index in [0.29, 0.717) is 0 Å². The predicted molar refractivity (Wildman–Crippen MR) is 78.2 cm³/mol. The summed E-state index contributed by atoms with van der Waals surface area (Å²) in [5.41, 5.74) is 3.11. The Kier molecular flexibility index (Phi) is 4.36. The van der Waals surface area contributed by atoms with E-state index in [9.17, 15) is 13.6 Å². The van der Waals surface area contributed by atoms with Gasteiger partial charge in [0.15, 0.2) is 0 Å². The first kappa shape index (κ1) is 15.2.